The molecular formula is C16H17N5. The third kappa shape index (κ3) is 1.70. The van der Waals surface area contributed by atoms with E-state index in [2.05, 4.69) is 44.1 Å². The molecular weight excluding hydrogens is 262 g/mol. The number of fused-ring (bicyclic) bond motifs is 3. The quantitative estimate of drug-likeness (QED) is 0.756. The summed E-state index contributed by atoms with van der Waals surface area (Å²) in [6.07, 6.45) is 4.88. The maximum Gasteiger partial charge on any atom is 0.151 e. The van der Waals surface area contributed by atoms with Crippen LogP contribution in [0.3, 0.4) is 0 Å². The monoisotopic (exact) mass is 279 g/mol. The first-order chi connectivity index (χ1) is 10.3. The molecule has 21 heavy (non-hydrogen) atoms. The molecule has 106 valence electrons. The van der Waals surface area contributed by atoms with Crippen LogP contribution in [0.2, 0.25) is 0 Å². The highest BCUT2D eigenvalue weighted by molar-refractivity contribution is 5.91. The Morgan fingerprint density at radius 1 is 1.14 bits per heavy atom. The topological polar surface area (TPSA) is 68.8 Å². The summed E-state index contributed by atoms with van der Waals surface area (Å²) in [6, 6.07) is 8.36. The van der Waals surface area contributed by atoms with Crippen molar-refractivity contribution in [3.63, 3.8) is 0 Å². The number of nitrogens with one attached hydrogen (secondary N) is 1. The summed E-state index contributed by atoms with van der Waals surface area (Å²) in [4.78, 5) is 8.64. The fourth-order valence-electron chi connectivity index (χ4n) is 3.26. The Hall–Kier alpha value is -2.56. The molecule has 0 atom stereocenters. The molecule has 2 heterocycles. The minimum atomic E-state index is 0.548. The lowest BCUT2D eigenvalue weighted by atomic mass is 10.2. The molecule has 0 fully saturated rings. The summed E-state index contributed by atoms with van der Waals surface area (Å²) >= 11 is 0. The van der Waals surface area contributed by atoms with Gasteiger partial charge in [-0.1, -0.05) is 0 Å². The van der Waals surface area contributed by atoms with Gasteiger partial charge in [-0.15, -0.1) is 0 Å². The zero-order chi connectivity index (χ0) is 14.4. The second kappa shape index (κ2) is 4.48. The van der Waals surface area contributed by atoms with Gasteiger partial charge in [-0.25, -0.2) is 9.97 Å². The number of aromatic nitrogens is 3. The Kier molecular flexibility index (Phi) is 2.60. The van der Waals surface area contributed by atoms with Crippen LogP contribution >= 0.6 is 0 Å². The summed E-state index contributed by atoms with van der Waals surface area (Å²) in [5.74, 6) is 0.548. The van der Waals surface area contributed by atoms with Crippen LogP contribution in [0.15, 0.2) is 30.6 Å². The SMILES string of the molecule is CNc1ccc(-n2c3c(c4ncnc(N)c42)CCC3)cc1. The maximum absolute atomic E-state index is 6.13. The van der Waals surface area contributed by atoms with Crippen LogP contribution in [0.25, 0.3) is 16.7 Å². The van der Waals surface area contributed by atoms with Crippen molar-refractivity contribution in [2.75, 3.05) is 18.1 Å². The predicted octanol–water partition coefficient (Wildman–Crippen LogP) is 2.53. The molecule has 0 unspecified atom stereocenters. The molecule has 0 spiro atoms. The molecule has 4 rings (SSSR count). The van der Waals surface area contributed by atoms with Crippen molar-refractivity contribution in [2.24, 2.45) is 0 Å². The van der Waals surface area contributed by atoms with Gasteiger partial charge in [-0.2, -0.15) is 0 Å². The van der Waals surface area contributed by atoms with Crippen LogP contribution in [-0.4, -0.2) is 21.6 Å². The Labute approximate surface area is 122 Å². The molecule has 1 aliphatic carbocycles. The van der Waals surface area contributed by atoms with Crippen LogP contribution < -0.4 is 11.1 Å². The van der Waals surface area contributed by atoms with E-state index in [9.17, 15) is 0 Å². The van der Waals surface area contributed by atoms with E-state index < -0.39 is 0 Å². The van der Waals surface area contributed by atoms with Gasteiger partial charge in [0.2, 0.25) is 0 Å². The molecule has 0 saturated carbocycles. The standard InChI is InChI=1S/C16H17N5/c1-18-10-5-7-11(8-6-10)21-13-4-2-3-12(13)14-15(21)16(17)20-9-19-14/h5-9,18H,2-4H2,1H3,(H2,17,19,20). The van der Waals surface area contributed by atoms with E-state index in [1.165, 1.54) is 17.7 Å². The Bertz CT molecular complexity index is 817. The lowest BCUT2D eigenvalue weighted by molar-refractivity contribution is 0.872. The second-order valence-electron chi connectivity index (χ2n) is 5.37. The van der Waals surface area contributed by atoms with E-state index in [1.54, 1.807) is 6.33 Å². The number of nitrogen functional groups attached to an aromatic ring is 1. The molecule has 1 aromatic carbocycles. The van der Waals surface area contributed by atoms with Crippen molar-refractivity contribution >= 4 is 22.5 Å². The van der Waals surface area contributed by atoms with Gasteiger partial charge < -0.3 is 15.6 Å². The van der Waals surface area contributed by atoms with Gasteiger partial charge in [0.15, 0.2) is 5.82 Å². The molecule has 3 N–H and O–H groups in total. The third-order valence-electron chi connectivity index (χ3n) is 4.23. The molecule has 2 aromatic heterocycles. The fraction of sp³-hybridized carbons (Fsp3) is 0.250. The number of hydrogen-bond donors (Lipinski definition) is 2. The molecule has 0 aliphatic heterocycles. The van der Waals surface area contributed by atoms with Crippen molar-refractivity contribution in [1.29, 1.82) is 0 Å². The van der Waals surface area contributed by atoms with Crippen molar-refractivity contribution < 1.29 is 0 Å². The van der Waals surface area contributed by atoms with Crippen LogP contribution in [0.1, 0.15) is 17.7 Å². The normalized spacial score (nSPS) is 13.6. The van der Waals surface area contributed by atoms with E-state index in [-0.39, 0.29) is 0 Å². The van der Waals surface area contributed by atoms with E-state index in [0.29, 0.717) is 5.82 Å². The average molecular weight is 279 g/mol. The predicted molar refractivity (Wildman–Crippen MR) is 84.8 cm³/mol. The van der Waals surface area contributed by atoms with E-state index >= 15 is 0 Å². The summed E-state index contributed by atoms with van der Waals surface area (Å²) in [7, 11) is 1.92. The molecule has 0 saturated heterocycles. The van der Waals surface area contributed by atoms with Crippen LogP contribution in [0, 0.1) is 0 Å². The molecule has 0 radical (unpaired) electrons. The lowest BCUT2D eigenvalue weighted by Gasteiger charge is -2.11. The number of benzene rings is 1. The summed E-state index contributed by atoms with van der Waals surface area (Å²) < 4.78 is 2.23. The summed E-state index contributed by atoms with van der Waals surface area (Å²) in [5.41, 5.74) is 12.9. The molecule has 3 aromatic rings. The van der Waals surface area contributed by atoms with Crippen molar-refractivity contribution in [3.8, 4) is 5.69 Å². The fourth-order valence-corrected chi connectivity index (χ4v) is 3.26. The first-order valence-corrected chi connectivity index (χ1v) is 7.20. The number of aryl methyl sites for hydroxylation is 1. The Balaban J connectivity index is 2.03. The van der Waals surface area contributed by atoms with Crippen LogP contribution in [0.4, 0.5) is 11.5 Å². The van der Waals surface area contributed by atoms with E-state index in [1.807, 2.05) is 7.05 Å². The minimum absolute atomic E-state index is 0.548. The Morgan fingerprint density at radius 3 is 2.71 bits per heavy atom. The largest absolute Gasteiger partial charge is 0.388 e. The molecule has 0 amide bonds. The number of hydrogen-bond acceptors (Lipinski definition) is 4. The van der Waals surface area contributed by atoms with Gasteiger partial charge in [-0.3, -0.25) is 0 Å². The smallest absolute Gasteiger partial charge is 0.151 e. The van der Waals surface area contributed by atoms with Crippen LogP contribution in [0.5, 0.6) is 0 Å². The van der Waals surface area contributed by atoms with Gasteiger partial charge in [0.05, 0.1) is 5.52 Å². The highest BCUT2D eigenvalue weighted by Crippen LogP contribution is 2.36. The number of nitrogens with zero attached hydrogens (tertiary/aromatic N) is 3. The van der Waals surface area contributed by atoms with Gasteiger partial charge in [-0.05, 0) is 49.1 Å². The first kappa shape index (κ1) is 12.2. The first-order valence-electron chi connectivity index (χ1n) is 7.20. The zero-order valence-corrected chi connectivity index (χ0v) is 11.9. The molecule has 5 heteroatoms. The average Bonchev–Trinajstić information content (AvgIpc) is 3.09. The Morgan fingerprint density at radius 2 is 1.95 bits per heavy atom. The molecule has 0 bridgehead atoms. The zero-order valence-electron chi connectivity index (χ0n) is 11.9. The number of rotatable bonds is 2. The maximum atomic E-state index is 6.13. The van der Waals surface area contributed by atoms with Crippen molar-refractivity contribution in [1.82, 2.24) is 14.5 Å². The van der Waals surface area contributed by atoms with E-state index in [4.69, 9.17) is 5.73 Å². The van der Waals surface area contributed by atoms with E-state index in [0.717, 1.165) is 35.2 Å². The minimum Gasteiger partial charge on any atom is -0.388 e. The number of anilines is 2. The summed E-state index contributed by atoms with van der Waals surface area (Å²) in [5, 5.41) is 3.14. The van der Waals surface area contributed by atoms with Gasteiger partial charge >= 0.3 is 0 Å². The van der Waals surface area contributed by atoms with Gasteiger partial charge in [0, 0.05) is 24.1 Å². The highest BCUT2D eigenvalue weighted by Gasteiger charge is 2.24. The van der Waals surface area contributed by atoms with Crippen LogP contribution in [-0.2, 0) is 12.8 Å². The third-order valence-corrected chi connectivity index (χ3v) is 4.23. The lowest BCUT2D eigenvalue weighted by Crippen LogP contribution is -2.02. The highest BCUT2D eigenvalue weighted by atomic mass is 15.1. The molecule has 5 nitrogen and oxygen atoms in total. The van der Waals surface area contributed by atoms with Crippen molar-refractivity contribution in [2.45, 2.75) is 19.3 Å². The number of nitrogens with two attached hydrogens (primary N) is 1. The second-order valence-corrected chi connectivity index (χ2v) is 5.37. The molecule has 1 aliphatic rings. The van der Waals surface area contributed by atoms with Crippen molar-refractivity contribution in [3.05, 3.63) is 41.9 Å². The summed E-state index contributed by atoms with van der Waals surface area (Å²) in [6.45, 7) is 0. The van der Waals surface area contributed by atoms with Gasteiger partial charge in [0.1, 0.15) is 11.8 Å². The van der Waals surface area contributed by atoms with Gasteiger partial charge in [0.25, 0.3) is 0 Å².